The quantitative estimate of drug-likeness (QED) is 0.548. The van der Waals surface area contributed by atoms with E-state index in [0.29, 0.717) is 12.0 Å². The molecular formula is C14H29NO. The van der Waals surface area contributed by atoms with E-state index in [1.165, 1.54) is 44.9 Å². The summed E-state index contributed by atoms with van der Waals surface area (Å²) in [4.78, 5) is 5.54. The van der Waals surface area contributed by atoms with Crippen molar-refractivity contribution in [3.63, 3.8) is 0 Å². The molecule has 0 spiro atoms. The van der Waals surface area contributed by atoms with E-state index in [1.807, 2.05) is 0 Å². The van der Waals surface area contributed by atoms with Gasteiger partial charge in [-0.15, -0.1) is 0 Å². The van der Waals surface area contributed by atoms with Crippen molar-refractivity contribution in [2.24, 2.45) is 11.8 Å². The van der Waals surface area contributed by atoms with Crippen molar-refractivity contribution >= 4 is 0 Å². The molecule has 1 rings (SSSR count). The first-order valence-electron chi connectivity index (χ1n) is 7.09. The van der Waals surface area contributed by atoms with Crippen LogP contribution in [0.15, 0.2) is 0 Å². The lowest BCUT2D eigenvalue weighted by molar-refractivity contribution is -0.00244. The first-order chi connectivity index (χ1) is 7.72. The van der Waals surface area contributed by atoms with E-state index in [-0.39, 0.29) is 0 Å². The van der Waals surface area contributed by atoms with Gasteiger partial charge >= 0.3 is 0 Å². The molecule has 0 amide bonds. The molecule has 0 radical (unpaired) electrons. The Hall–Kier alpha value is -0.0800. The van der Waals surface area contributed by atoms with Gasteiger partial charge in [0.25, 0.3) is 0 Å². The monoisotopic (exact) mass is 227 g/mol. The summed E-state index contributed by atoms with van der Waals surface area (Å²) in [5, 5.41) is 0. The maximum Gasteiger partial charge on any atom is 0.0705 e. The predicted molar refractivity (Wildman–Crippen MR) is 69.2 cm³/mol. The van der Waals surface area contributed by atoms with Crippen LogP contribution in [0.3, 0.4) is 0 Å². The van der Waals surface area contributed by atoms with Crippen molar-refractivity contribution in [2.45, 2.75) is 71.8 Å². The number of rotatable bonds is 6. The molecule has 1 fully saturated rings. The van der Waals surface area contributed by atoms with Crippen LogP contribution in [0, 0.1) is 11.8 Å². The molecule has 0 saturated heterocycles. The summed E-state index contributed by atoms with van der Waals surface area (Å²) in [5.74, 6) is 1.59. The van der Waals surface area contributed by atoms with Gasteiger partial charge in [-0.3, -0.25) is 0 Å². The van der Waals surface area contributed by atoms with E-state index < -0.39 is 0 Å². The third kappa shape index (κ3) is 5.86. The minimum atomic E-state index is 0.598. The lowest BCUT2D eigenvalue weighted by atomic mass is 9.95. The van der Waals surface area contributed by atoms with Gasteiger partial charge in [0.15, 0.2) is 0 Å². The van der Waals surface area contributed by atoms with Crippen LogP contribution < -0.4 is 5.48 Å². The van der Waals surface area contributed by atoms with E-state index in [9.17, 15) is 0 Å². The van der Waals surface area contributed by atoms with E-state index in [0.717, 1.165) is 12.5 Å². The molecule has 16 heavy (non-hydrogen) atoms. The van der Waals surface area contributed by atoms with Gasteiger partial charge in [0.1, 0.15) is 0 Å². The summed E-state index contributed by atoms with van der Waals surface area (Å²) in [7, 11) is 0. The fourth-order valence-corrected chi connectivity index (χ4v) is 2.53. The zero-order chi connectivity index (χ0) is 11.8. The van der Waals surface area contributed by atoms with Gasteiger partial charge in [-0.25, -0.2) is 0 Å². The third-order valence-electron chi connectivity index (χ3n) is 3.45. The van der Waals surface area contributed by atoms with Gasteiger partial charge in [-0.05, 0) is 31.1 Å². The summed E-state index contributed by atoms with van der Waals surface area (Å²) in [6.45, 7) is 7.50. The van der Waals surface area contributed by atoms with E-state index in [4.69, 9.17) is 4.84 Å². The van der Waals surface area contributed by atoms with Crippen molar-refractivity contribution in [1.82, 2.24) is 5.48 Å². The maximum atomic E-state index is 5.54. The molecule has 1 aliphatic rings. The molecule has 0 aromatic carbocycles. The Bertz CT molecular complexity index is 170. The normalized spacial score (nSPS) is 27.0. The van der Waals surface area contributed by atoms with Crippen LogP contribution >= 0.6 is 0 Å². The van der Waals surface area contributed by atoms with Crippen LogP contribution in [0.2, 0.25) is 0 Å². The van der Waals surface area contributed by atoms with Gasteiger partial charge in [0.05, 0.1) is 6.61 Å². The van der Waals surface area contributed by atoms with Gasteiger partial charge in [-0.1, -0.05) is 46.5 Å². The molecule has 2 atom stereocenters. The predicted octanol–water partition coefficient (Wildman–Crippen LogP) is 3.91. The van der Waals surface area contributed by atoms with Crippen LogP contribution in [-0.4, -0.2) is 12.6 Å². The Balaban J connectivity index is 2.14. The van der Waals surface area contributed by atoms with Gasteiger partial charge < -0.3 is 4.84 Å². The number of hydrogen-bond donors (Lipinski definition) is 1. The van der Waals surface area contributed by atoms with Gasteiger partial charge in [0.2, 0.25) is 0 Å². The van der Waals surface area contributed by atoms with Crippen LogP contribution in [0.5, 0.6) is 0 Å². The molecule has 2 heteroatoms. The summed E-state index contributed by atoms with van der Waals surface area (Å²) in [6, 6.07) is 0.598. The van der Waals surface area contributed by atoms with E-state index in [2.05, 4.69) is 26.3 Å². The Morgan fingerprint density at radius 3 is 2.69 bits per heavy atom. The third-order valence-corrected chi connectivity index (χ3v) is 3.45. The minimum Gasteiger partial charge on any atom is -0.301 e. The minimum absolute atomic E-state index is 0.598. The SMILES string of the molecule is CCCC1CCCC(NOCC(C)C)CC1. The van der Waals surface area contributed by atoms with Crippen LogP contribution in [0.25, 0.3) is 0 Å². The Kier molecular flexibility index (Phi) is 7.06. The summed E-state index contributed by atoms with van der Waals surface area (Å²) in [6.07, 6.45) is 9.52. The highest BCUT2D eigenvalue weighted by atomic mass is 16.6. The lowest BCUT2D eigenvalue weighted by Crippen LogP contribution is -2.30. The van der Waals surface area contributed by atoms with Crippen LogP contribution in [0.4, 0.5) is 0 Å². The molecule has 0 aromatic heterocycles. The van der Waals surface area contributed by atoms with Crippen molar-refractivity contribution in [1.29, 1.82) is 0 Å². The second-order valence-electron chi connectivity index (χ2n) is 5.68. The van der Waals surface area contributed by atoms with Crippen molar-refractivity contribution in [3.05, 3.63) is 0 Å². The summed E-state index contributed by atoms with van der Waals surface area (Å²) >= 11 is 0. The highest BCUT2D eigenvalue weighted by molar-refractivity contribution is 4.72. The zero-order valence-electron chi connectivity index (χ0n) is 11.3. The standard InChI is InChI=1S/C14H29NO/c1-4-6-13-7-5-8-14(10-9-13)15-16-11-12(2)3/h12-15H,4-11H2,1-3H3. The van der Waals surface area contributed by atoms with Crippen LogP contribution in [-0.2, 0) is 4.84 Å². The van der Waals surface area contributed by atoms with E-state index >= 15 is 0 Å². The molecular weight excluding hydrogens is 198 g/mol. The smallest absolute Gasteiger partial charge is 0.0705 e. The number of hydroxylamine groups is 1. The molecule has 0 heterocycles. The molecule has 2 unspecified atom stereocenters. The van der Waals surface area contributed by atoms with E-state index in [1.54, 1.807) is 0 Å². The molecule has 0 aromatic rings. The highest BCUT2D eigenvalue weighted by Crippen LogP contribution is 2.26. The molecule has 1 aliphatic carbocycles. The van der Waals surface area contributed by atoms with Gasteiger partial charge in [0, 0.05) is 6.04 Å². The number of nitrogens with one attached hydrogen (secondary N) is 1. The van der Waals surface area contributed by atoms with Crippen molar-refractivity contribution in [2.75, 3.05) is 6.61 Å². The fraction of sp³-hybridized carbons (Fsp3) is 1.00. The summed E-state index contributed by atoms with van der Waals surface area (Å²) in [5.41, 5.74) is 3.26. The Morgan fingerprint density at radius 1 is 1.19 bits per heavy atom. The zero-order valence-corrected chi connectivity index (χ0v) is 11.3. The Labute approximate surface area is 101 Å². The molecule has 0 aliphatic heterocycles. The average Bonchev–Trinajstić information content (AvgIpc) is 2.44. The molecule has 0 bridgehead atoms. The molecule has 1 N–H and O–H groups in total. The first-order valence-corrected chi connectivity index (χ1v) is 7.09. The molecule has 96 valence electrons. The topological polar surface area (TPSA) is 21.3 Å². The lowest BCUT2D eigenvalue weighted by Gasteiger charge is -2.17. The fourth-order valence-electron chi connectivity index (χ4n) is 2.53. The highest BCUT2D eigenvalue weighted by Gasteiger charge is 2.18. The van der Waals surface area contributed by atoms with Crippen molar-refractivity contribution in [3.8, 4) is 0 Å². The van der Waals surface area contributed by atoms with Crippen molar-refractivity contribution < 1.29 is 4.84 Å². The first kappa shape index (κ1) is 14.0. The second-order valence-corrected chi connectivity index (χ2v) is 5.68. The van der Waals surface area contributed by atoms with Crippen LogP contribution in [0.1, 0.15) is 65.7 Å². The largest absolute Gasteiger partial charge is 0.301 e. The molecule has 2 nitrogen and oxygen atoms in total. The average molecular weight is 227 g/mol. The summed E-state index contributed by atoms with van der Waals surface area (Å²) < 4.78 is 0. The molecule has 1 saturated carbocycles. The van der Waals surface area contributed by atoms with Gasteiger partial charge in [-0.2, -0.15) is 5.48 Å². The number of hydrogen-bond acceptors (Lipinski definition) is 2. The maximum absolute atomic E-state index is 5.54. The second kappa shape index (κ2) is 8.08. The Morgan fingerprint density at radius 2 is 2.00 bits per heavy atom.